The molecule has 0 aromatic carbocycles. The Labute approximate surface area is 168 Å². The van der Waals surface area contributed by atoms with Crippen molar-refractivity contribution in [1.82, 2.24) is 19.8 Å². The number of anilines is 2. The molecule has 0 unspecified atom stereocenters. The quantitative estimate of drug-likeness (QED) is 0.686. The van der Waals surface area contributed by atoms with Crippen molar-refractivity contribution < 1.29 is 13.2 Å². The van der Waals surface area contributed by atoms with Gasteiger partial charge in [-0.1, -0.05) is 0 Å². The van der Waals surface area contributed by atoms with E-state index in [4.69, 9.17) is 0 Å². The molecule has 1 aliphatic rings. The maximum Gasteiger partial charge on any atom is 0.252 e. The number of thiophene rings is 1. The molecule has 2 aromatic rings. The molecular weight excluding hydrogens is 400 g/mol. The largest absolute Gasteiger partial charge is 0.369 e. The fraction of sp³-hybridized carbons (Fsp3) is 0.471. The number of aromatic nitrogens is 2. The predicted molar refractivity (Wildman–Crippen MR) is 109 cm³/mol. The highest BCUT2D eigenvalue weighted by atomic mass is 32.2. The van der Waals surface area contributed by atoms with Crippen molar-refractivity contribution in [3.63, 3.8) is 0 Å². The number of carbonyl (C=O) groups excluding carboxylic acids is 1. The summed E-state index contributed by atoms with van der Waals surface area (Å²) >= 11 is 1.19. The smallest absolute Gasteiger partial charge is 0.252 e. The van der Waals surface area contributed by atoms with Crippen molar-refractivity contribution in [3.05, 3.63) is 29.1 Å². The monoisotopic (exact) mass is 424 g/mol. The second-order valence-corrected chi connectivity index (χ2v) is 9.66. The first-order chi connectivity index (χ1) is 13.4. The van der Waals surface area contributed by atoms with Crippen LogP contribution in [0.25, 0.3) is 0 Å². The van der Waals surface area contributed by atoms with Crippen molar-refractivity contribution in [2.45, 2.75) is 24.6 Å². The van der Waals surface area contributed by atoms with Gasteiger partial charge in [0.15, 0.2) is 5.82 Å². The van der Waals surface area contributed by atoms with E-state index in [1.54, 1.807) is 12.1 Å². The van der Waals surface area contributed by atoms with E-state index in [2.05, 4.69) is 20.8 Å². The van der Waals surface area contributed by atoms with Crippen molar-refractivity contribution in [3.8, 4) is 0 Å². The van der Waals surface area contributed by atoms with Crippen LogP contribution in [0.1, 0.15) is 18.7 Å². The third-order valence-corrected chi connectivity index (χ3v) is 7.76. The third-order valence-electron chi connectivity index (χ3n) is 4.31. The number of rotatable bonds is 7. The van der Waals surface area contributed by atoms with Gasteiger partial charge < -0.3 is 15.5 Å². The molecule has 0 radical (unpaired) electrons. The van der Waals surface area contributed by atoms with Gasteiger partial charge in [0, 0.05) is 44.5 Å². The van der Waals surface area contributed by atoms with Crippen LogP contribution in [0.4, 0.5) is 11.6 Å². The molecule has 1 fully saturated rings. The van der Waals surface area contributed by atoms with E-state index in [1.807, 2.05) is 24.0 Å². The van der Waals surface area contributed by atoms with E-state index in [9.17, 15) is 13.2 Å². The summed E-state index contributed by atoms with van der Waals surface area (Å²) in [5.74, 6) is 1.32. The summed E-state index contributed by atoms with van der Waals surface area (Å²) < 4.78 is 27.6. The molecule has 9 nitrogen and oxygen atoms in total. The minimum Gasteiger partial charge on any atom is -0.369 e. The Kier molecular flexibility index (Phi) is 6.47. The van der Waals surface area contributed by atoms with E-state index in [0.717, 1.165) is 23.1 Å². The number of nitrogens with zero attached hydrogens (tertiary/aromatic N) is 4. The van der Waals surface area contributed by atoms with Crippen LogP contribution in [0.2, 0.25) is 0 Å². The minimum absolute atomic E-state index is 0.143. The first-order valence-corrected chi connectivity index (χ1v) is 11.3. The van der Waals surface area contributed by atoms with E-state index < -0.39 is 10.0 Å². The summed E-state index contributed by atoms with van der Waals surface area (Å²) in [6.45, 7) is 6.42. The van der Waals surface area contributed by atoms with Gasteiger partial charge >= 0.3 is 0 Å². The lowest BCUT2D eigenvalue weighted by atomic mass is 10.3. The third kappa shape index (κ3) is 4.78. The zero-order valence-electron chi connectivity index (χ0n) is 15.9. The average Bonchev–Trinajstić information content (AvgIpc) is 3.17. The molecule has 1 saturated heterocycles. The van der Waals surface area contributed by atoms with Crippen molar-refractivity contribution >= 4 is 38.9 Å². The highest BCUT2D eigenvalue weighted by molar-refractivity contribution is 7.91. The number of hydrogen-bond acceptors (Lipinski definition) is 8. The van der Waals surface area contributed by atoms with Crippen LogP contribution >= 0.6 is 11.3 Å². The standard InChI is InChI=1S/C17H24N6O3S2/c1-3-18-15-5-6-16(21-20-15)22-8-10-23(11-9-22)28(25,26)17-7-4-14(27-17)12-19-13(2)24/h4-7H,3,8-12H2,1-2H3,(H,18,20)(H,19,24). The van der Waals surface area contributed by atoms with Gasteiger partial charge in [0.1, 0.15) is 10.0 Å². The normalized spacial score (nSPS) is 15.4. The summed E-state index contributed by atoms with van der Waals surface area (Å²) in [6.07, 6.45) is 0. The van der Waals surface area contributed by atoms with Crippen molar-refractivity contribution in [2.75, 3.05) is 42.9 Å². The fourth-order valence-electron chi connectivity index (χ4n) is 2.86. The molecule has 28 heavy (non-hydrogen) atoms. The molecule has 0 bridgehead atoms. The summed E-state index contributed by atoms with van der Waals surface area (Å²) in [5.41, 5.74) is 0. The average molecular weight is 425 g/mol. The zero-order chi connectivity index (χ0) is 20.1. The van der Waals surface area contributed by atoms with Gasteiger partial charge in [-0.2, -0.15) is 4.31 Å². The van der Waals surface area contributed by atoms with Gasteiger partial charge in [-0.05, 0) is 31.2 Å². The summed E-state index contributed by atoms with van der Waals surface area (Å²) in [4.78, 5) is 13.9. The maximum absolute atomic E-state index is 12.9. The Morgan fingerprint density at radius 1 is 1.14 bits per heavy atom. The Hall–Kier alpha value is -2.24. The second-order valence-electron chi connectivity index (χ2n) is 6.33. The molecule has 2 aromatic heterocycles. The molecule has 152 valence electrons. The number of sulfonamides is 1. The van der Waals surface area contributed by atoms with Crippen LogP contribution in [-0.4, -0.2) is 61.6 Å². The van der Waals surface area contributed by atoms with Crippen molar-refractivity contribution in [1.29, 1.82) is 0 Å². The number of piperazine rings is 1. The number of amides is 1. The van der Waals surface area contributed by atoms with E-state index >= 15 is 0 Å². The predicted octanol–water partition coefficient (Wildman–Crippen LogP) is 1.12. The van der Waals surface area contributed by atoms with Crippen LogP contribution in [-0.2, 0) is 21.4 Å². The number of nitrogens with one attached hydrogen (secondary N) is 2. The Morgan fingerprint density at radius 3 is 2.50 bits per heavy atom. The lowest BCUT2D eigenvalue weighted by molar-refractivity contribution is -0.119. The first kappa shape index (κ1) is 20.5. The fourth-order valence-corrected chi connectivity index (χ4v) is 5.73. The van der Waals surface area contributed by atoms with Crippen LogP contribution < -0.4 is 15.5 Å². The maximum atomic E-state index is 12.9. The number of hydrogen-bond donors (Lipinski definition) is 2. The van der Waals surface area contributed by atoms with E-state index in [1.165, 1.54) is 22.6 Å². The van der Waals surface area contributed by atoms with Gasteiger partial charge in [-0.25, -0.2) is 8.42 Å². The summed E-state index contributed by atoms with van der Waals surface area (Å²) in [7, 11) is -3.53. The molecule has 3 rings (SSSR count). The van der Waals surface area contributed by atoms with Gasteiger partial charge in [0.2, 0.25) is 5.91 Å². The molecule has 3 heterocycles. The van der Waals surface area contributed by atoms with Crippen LogP contribution in [0.3, 0.4) is 0 Å². The van der Waals surface area contributed by atoms with Gasteiger partial charge in [-0.15, -0.1) is 21.5 Å². The summed E-state index contributed by atoms with van der Waals surface area (Å²) in [6, 6.07) is 7.11. The van der Waals surface area contributed by atoms with E-state index in [-0.39, 0.29) is 5.91 Å². The van der Waals surface area contributed by atoms with Crippen molar-refractivity contribution in [2.24, 2.45) is 0 Å². The highest BCUT2D eigenvalue weighted by Gasteiger charge is 2.30. The molecule has 0 aliphatic carbocycles. The van der Waals surface area contributed by atoms with Crippen LogP contribution in [0, 0.1) is 0 Å². The molecular formula is C17H24N6O3S2. The van der Waals surface area contributed by atoms with Gasteiger partial charge in [0.25, 0.3) is 10.0 Å². The lowest BCUT2D eigenvalue weighted by Crippen LogP contribution is -2.48. The molecule has 11 heteroatoms. The van der Waals surface area contributed by atoms with Crippen LogP contribution in [0.5, 0.6) is 0 Å². The molecule has 2 N–H and O–H groups in total. The molecule has 1 aliphatic heterocycles. The molecule has 0 saturated carbocycles. The van der Waals surface area contributed by atoms with Gasteiger partial charge in [-0.3, -0.25) is 4.79 Å². The number of carbonyl (C=O) groups is 1. The lowest BCUT2D eigenvalue weighted by Gasteiger charge is -2.34. The Bertz CT molecular complexity index is 905. The molecule has 0 atom stereocenters. The van der Waals surface area contributed by atoms with Gasteiger partial charge in [0.05, 0.1) is 6.54 Å². The first-order valence-electron chi connectivity index (χ1n) is 9.06. The van der Waals surface area contributed by atoms with E-state index in [0.29, 0.717) is 36.9 Å². The topological polar surface area (TPSA) is 108 Å². The zero-order valence-corrected chi connectivity index (χ0v) is 17.5. The molecule has 1 amide bonds. The SMILES string of the molecule is CCNc1ccc(N2CCN(S(=O)(=O)c3ccc(CNC(C)=O)s3)CC2)nn1. The Balaban J connectivity index is 1.61. The summed E-state index contributed by atoms with van der Waals surface area (Å²) in [5, 5.41) is 14.1. The van der Waals surface area contributed by atoms with Crippen LogP contribution in [0.15, 0.2) is 28.5 Å². The highest BCUT2D eigenvalue weighted by Crippen LogP contribution is 2.26. The Morgan fingerprint density at radius 2 is 1.89 bits per heavy atom. The minimum atomic E-state index is -3.53. The molecule has 0 spiro atoms. The second kappa shape index (κ2) is 8.84.